The maximum absolute atomic E-state index is 13.2. The number of halogens is 3. The largest absolute Gasteiger partial charge is 0.416 e. The first kappa shape index (κ1) is 22.1. The number of alkyl halides is 3. The van der Waals surface area contributed by atoms with E-state index in [9.17, 15) is 18.0 Å². The molecular formula is C26H30F3NO. The summed E-state index contributed by atoms with van der Waals surface area (Å²) in [7, 11) is 0. The zero-order valence-corrected chi connectivity index (χ0v) is 18.0. The van der Waals surface area contributed by atoms with Crippen LogP contribution in [0.2, 0.25) is 0 Å². The normalized spacial score (nSPS) is 20.1. The maximum Gasteiger partial charge on any atom is 0.416 e. The van der Waals surface area contributed by atoms with Crippen LogP contribution in [-0.2, 0) is 12.6 Å². The number of hydrogen-bond donors (Lipinski definition) is 1. The van der Waals surface area contributed by atoms with Crippen LogP contribution in [0, 0.1) is 12.8 Å². The molecule has 1 saturated heterocycles. The first-order chi connectivity index (χ1) is 14.8. The van der Waals surface area contributed by atoms with Gasteiger partial charge in [0, 0.05) is 23.9 Å². The Kier molecular flexibility index (Phi) is 6.52. The van der Waals surface area contributed by atoms with Crippen molar-refractivity contribution in [3.63, 3.8) is 0 Å². The number of rotatable bonds is 8. The fraction of sp³-hybridized carbons (Fsp3) is 0.500. The second-order valence-corrected chi connectivity index (χ2v) is 9.19. The minimum Gasteiger partial charge on any atom is -0.313 e. The third kappa shape index (κ3) is 5.57. The second-order valence-electron chi connectivity index (χ2n) is 9.19. The maximum atomic E-state index is 13.2. The van der Waals surface area contributed by atoms with Crippen molar-refractivity contribution < 1.29 is 18.0 Å². The molecule has 1 aliphatic heterocycles. The van der Waals surface area contributed by atoms with Crippen molar-refractivity contribution in [3.8, 4) is 0 Å². The van der Waals surface area contributed by atoms with Crippen LogP contribution >= 0.6 is 0 Å². The van der Waals surface area contributed by atoms with Gasteiger partial charge in [-0.05, 0) is 73.9 Å². The molecule has 0 radical (unpaired) electrons. The minimum absolute atomic E-state index is 0.0403. The van der Waals surface area contributed by atoms with Crippen LogP contribution in [0.15, 0.2) is 42.5 Å². The van der Waals surface area contributed by atoms with E-state index in [0.29, 0.717) is 5.56 Å². The molecule has 0 amide bonds. The molecule has 0 aromatic heterocycles. The summed E-state index contributed by atoms with van der Waals surface area (Å²) >= 11 is 0. The third-order valence-electron chi connectivity index (χ3n) is 6.80. The Balaban J connectivity index is 1.53. The molecule has 0 spiro atoms. The lowest BCUT2D eigenvalue weighted by Gasteiger charge is -2.24. The van der Waals surface area contributed by atoms with Crippen molar-refractivity contribution >= 4 is 5.78 Å². The number of carbonyl (C=O) groups excluding carboxylic acids is 1. The van der Waals surface area contributed by atoms with Gasteiger partial charge in [-0.15, -0.1) is 0 Å². The molecule has 0 bridgehead atoms. The molecule has 2 atom stereocenters. The number of ketones is 1. The molecule has 166 valence electrons. The molecule has 1 aliphatic carbocycles. The average Bonchev–Trinajstić information content (AvgIpc) is 3.41. The number of nitrogens with one attached hydrogen (secondary N) is 1. The van der Waals surface area contributed by atoms with E-state index in [4.69, 9.17) is 0 Å². The van der Waals surface area contributed by atoms with Crippen LogP contribution in [0.1, 0.15) is 77.1 Å². The lowest BCUT2D eigenvalue weighted by Crippen LogP contribution is -2.30. The Morgan fingerprint density at radius 3 is 2.45 bits per heavy atom. The molecule has 1 N–H and O–H groups in total. The Morgan fingerprint density at radius 1 is 1.10 bits per heavy atom. The lowest BCUT2D eigenvalue weighted by molar-refractivity contribution is -0.137. The van der Waals surface area contributed by atoms with Gasteiger partial charge in [-0.3, -0.25) is 4.79 Å². The monoisotopic (exact) mass is 429 g/mol. The van der Waals surface area contributed by atoms with Crippen LogP contribution in [0.25, 0.3) is 0 Å². The van der Waals surface area contributed by atoms with Crippen LogP contribution in [0.4, 0.5) is 13.2 Å². The number of carbonyl (C=O) groups is 1. The molecule has 2 nitrogen and oxygen atoms in total. The zero-order chi connectivity index (χ0) is 22.0. The van der Waals surface area contributed by atoms with Crippen molar-refractivity contribution in [2.45, 2.75) is 70.0 Å². The van der Waals surface area contributed by atoms with Gasteiger partial charge in [-0.2, -0.15) is 13.2 Å². The van der Waals surface area contributed by atoms with Gasteiger partial charge < -0.3 is 5.32 Å². The standard InChI is InChI=1S/C26H30F3NO/c1-17-4-13-21(26(27,28)29)15-22(17)25(31)16-23(24-3-2-14-30-24)20-11-9-19(10-12-20)8-7-18-5-6-18/h4,9-13,15,18,23-24,30H,2-3,5-8,14,16H2,1H3/t23-,24?/m0/s1. The van der Waals surface area contributed by atoms with E-state index in [-0.39, 0.29) is 29.7 Å². The third-order valence-corrected chi connectivity index (χ3v) is 6.80. The number of aryl methyl sites for hydroxylation is 2. The summed E-state index contributed by atoms with van der Waals surface area (Å²) in [5, 5.41) is 3.49. The number of benzene rings is 2. The van der Waals surface area contributed by atoms with E-state index in [1.807, 2.05) is 0 Å². The lowest BCUT2D eigenvalue weighted by atomic mass is 9.83. The fourth-order valence-corrected chi connectivity index (χ4v) is 4.66. The molecule has 2 aromatic rings. The van der Waals surface area contributed by atoms with Gasteiger partial charge >= 0.3 is 6.18 Å². The van der Waals surface area contributed by atoms with E-state index in [1.54, 1.807) is 6.92 Å². The van der Waals surface area contributed by atoms with E-state index in [0.717, 1.165) is 49.4 Å². The predicted octanol–water partition coefficient (Wildman–Crippen LogP) is 6.47. The topological polar surface area (TPSA) is 29.1 Å². The quantitative estimate of drug-likeness (QED) is 0.488. The smallest absolute Gasteiger partial charge is 0.313 e. The Labute approximate surface area is 182 Å². The van der Waals surface area contributed by atoms with E-state index in [2.05, 4.69) is 29.6 Å². The van der Waals surface area contributed by atoms with Crippen LogP contribution in [-0.4, -0.2) is 18.4 Å². The van der Waals surface area contributed by atoms with Crippen molar-refractivity contribution in [3.05, 3.63) is 70.3 Å². The molecular weight excluding hydrogens is 399 g/mol. The van der Waals surface area contributed by atoms with Crippen LogP contribution < -0.4 is 5.32 Å². The van der Waals surface area contributed by atoms with Crippen LogP contribution in [0.3, 0.4) is 0 Å². The van der Waals surface area contributed by atoms with Gasteiger partial charge in [0.15, 0.2) is 5.78 Å². The first-order valence-electron chi connectivity index (χ1n) is 11.3. The van der Waals surface area contributed by atoms with Crippen molar-refractivity contribution in [2.24, 2.45) is 5.92 Å². The molecule has 1 unspecified atom stereocenters. The van der Waals surface area contributed by atoms with E-state index in [1.165, 1.54) is 30.9 Å². The molecule has 2 aliphatic rings. The number of hydrogen-bond acceptors (Lipinski definition) is 2. The summed E-state index contributed by atoms with van der Waals surface area (Å²) < 4.78 is 39.5. The highest BCUT2D eigenvalue weighted by Crippen LogP contribution is 2.35. The average molecular weight is 430 g/mol. The molecule has 5 heteroatoms. The highest BCUT2D eigenvalue weighted by atomic mass is 19.4. The second kappa shape index (κ2) is 9.15. The summed E-state index contributed by atoms with van der Waals surface area (Å²) in [5.74, 6) is 0.630. The molecule has 1 saturated carbocycles. The Bertz CT molecular complexity index is 909. The van der Waals surface area contributed by atoms with Gasteiger partial charge in [0.2, 0.25) is 0 Å². The molecule has 2 aromatic carbocycles. The van der Waals surface area contributed by atoms with Gasteiger partial charge in [0.25, 0.3) is 0 Å². The van der Waals surface area contributed by atoms with E-state index >= 15 is 0 Å². The summed E-state index contributed by atoms with van der Waals surface area (Å²) in [5.41, 5.74) is 2.41. The first-order valence-corrected chi connectivity index (χ1v) is 11.3. The highest BCUT2D eigenvalue weighted by Gasteiger charge is 2.33. The molecule has 2 fully saturated rings. The molecule has 1 heterocycles. The van der Waals surface area contributed by atoms with Gasteiger partial charge in [0.05, 0.1) is 5.56 Å². The van der Waals surface area contributed by atoms with E-state index < -0.39 is 11.7 Å². The summed E-state index contributed by atoms with van der Waals surface area (Å²) in [6, 6.07) is 12.2. The Morgan fingerprint density at radius 2 is 1.84 bits per heavy atom. The summed E-state index contributed by atoms with van der Waals surface area (Å²) in [4.78, 5) is 13.1. The summed E-state index contributed by atoms with van der Waals surface area (Å²) in [6.45, 7) is 2.61. The van der Waals surface area contributed by atoms with Crippen molar-refractivity contribution in [1.82, 2.24) is 5.32 Å². The number of Topliss-reactive ketones (excluding diaryl/α,β-unsaturated/α-hetero) is 1. The Hall–Kier alpha value is -2.14. The zero-order valence-electron chi connectivity index (χ0n) is 18.0. The predicted molar refractivity (Wildman–Crippen MR) is 116 cm³/mol. The minimum atomic E-state index is -4.45. The van der Waals surface area contributed by atoms with Crippen LogP contribution in [0.5, 0.6) is 0 Å². The van der Waals surface area contributed by atoms with Gasteiger partial charge in [-0.1, -0.05) is 43.2 Å². The fourth-order valence-electron chi connectivity index (χ4n) is 4.66. The molecule has 31 heavy (non-hydrogen) atoms. The van der Waals surface area contributed by atoms with Gasteiger partial charge in [0.1, 0.15) is 0 Å². The van der Waals surface area contributed by atoms with Gasteiger partial charge in [-0.25, -0.2) is 0 Å². The van der Waals surface area contributed by atoms with Crippen molar-refractivity contribution in [2.75, 3.05) is 6.54 Å². The summed E-state index contributed by atoms with van der Waals surface area (Å²) in [6.07, 6.45) is 2.81. The van der Waals surface area contributed by atoms with Crippen molar-refractivity contribution in [1.29, 1.82) is 0 Å². The highest BCUT2D eigenvalue weighted by molar-refractivity contribution is 5.98. The molecule has 4 rings (SSSR count). The SMILES string of the molecule is Cc1ccc(C(F)(F)F)cc1C(=O)C[C@@H](c1ccc(CCC2CC2)cc1)C1CCCN1.